The number of piperidine rings is 1. The Bertz CT molecular complexity index is 655. The average molecular weight is 297 g/mol. The van der Waals surface area contributed by atoms with Crippen LogP contribution in [0.4, 0.5) is 5.69 Å². The number of nitrogens with zero attached hydrogens (tertiary/aromatic N) is 2. The fourth-order valence-corrected chi connectivity index (χ4v) is 3.53. The van der Waals surface area contributed by atoms with Gasteiger partial charge in [-0.1, -0.05) is 19.9 Å². The van der Waals surface area contributed by atoms with E-state index >= 15 is 0 Å². The van der Waals surface area contributed by atoms with Gasteiger partial charge in [-0.2, -0.15) is 0 Å². The molecule has 1 N–H and O–H groups in total. The summed E-state index contributed by atoms with van der Waals surface area (Å²) in [6.07, 6.45) is 3.03. The van der Waals surface area contributed by atoms with E-state index in [-0.39, 0.29) is 5.91 Å². The van der Waals surface area contributed by atoms with Gasteiger partial charge < -0.3 is 5.32 Å². The molecular weight excluding hydrogens is 274 g/mol. The lowest BCUT2D eigenvalue weighted by molar-refractivity contribution is -0.117. The molecule has 22 heavy (non-hydrogen) atoms. The smallest absolute Gasteiger partial charge is 0.238 e. The second kappa shape index (κ2) is 6.44. The van der Waals surface area contributed by atoms with E-state index in [9.17, 15) is 4.79 Å². The van der Waals surface area contributed by atoms with Gasteiger partial charge in [0, 0.05) is 24.7 Å². The number of hydrogen-bond donors (Lipinski definition) is 1. The van der Waals surface area contributed by atoms with E-state index in [2.05, 4.69) is 29.0 Å². The Kier molecular flexibility index (Phi) is 4.39. The van der Waals surface area contributed by atoms with Crippen molar-refractivity contribution in [2.24, 2.45) is 11.8 Å². The number of carbonyl (C=O) groups is 1. The van der Waals surface area contributed by atoms with Crippen LogP contribution in [0.2, 0.25) is 0 Å². The van der Waals surface area contributed by atoms with E-state index < -0.39 is 0 Å². The van der Waals surface area contributed by atoms with E-state index in [0.29, 0.717) is 18.4 Å². The van der Waals surface area contributed by atoms with Crippen LogP contribution in [0.25, 0.3) is 10.9 Å². The molecule has 2 heterocycles. The lowest BCUT2D eigenvalue weighted by Gasteiger charge is -2.34. The van der Waals surface area contributed by atoms with Crippen molar-refractivity contribution in [2.45, 2.75) is 20.3 Å². The van der Waals surface area contributed by atoms with Crippen molar-refractivity contribution >= 4 is 22.5 Å². The van der Waals surface area contributed by atoms with E-state index in [4.69, 9.17) is 0 Å². The third kappa shape index (κ3) is 3.45. The molecule has 1 aromatic heterocycles. The number of pyridine rings is 1. The van der Waals surface area contributed by atoms with Crippen molar-refractivity contribution in [3.8, 4) is 0 Å². The normalized spacial score (nSPS) is 22.6. The predicted octanol–water partition coefficient (Wildman–Crippen LogP) is 3.15. The first-order chi connectivity index (χ1) is 10.6. The van der Waals surface area contributed by atoms with Gasteiger partial charge in [0.25, 0.3) is 0 Å². The first-order valence-corrected chi connectivity index (χ1v) is 7.98. The molecule has 1 aliphatic rings. The molecule has 4 heteroatoms. The summed E-state index contributed by atoms with van der Waals surface area (Å²) in [5.74, 6) is 1.38. The maximum atomic E-state index is 12.4. The molecule has 116 valence electrons. The van der Waals surface area contributed by atoms with E-state index in [1.165, 1.54) is 6.42 Å². The number of aromatic nitrogens is 1. The number of amides is 1. The van der Waals surface area contributed by atoms with Crippen LogP contribution >= 0.6 is 0 Å². The maximum absolute atomic E-state index is 12.4. The second-order valence-corrected chi connectivity index (χ2v) is 6.56. The molecule has 1 amide bonds. The summed E-state index contributed by atoms with van der Waals surface area (Å²) in [6.45, 7) is 7.00. The Morgan fingerprint density at radius 3 is 2.77 bits per heavy atom. The minimum atomic E-state index is 0.0534. The highest BCUT2D eigenvalue weighted by atomic mass is 16.2. The standard InChI is InChI=1S/C18H23N3O/c1-13-9-14(2)11-21(10-13)12-18(22)20-17-7-3-6-16-15(17)5-4-8-19-16/h3-8,13-14H,9-12H2,1-2H3,(H,20,22). The molecule has 0 saturated carbocycles. The van der Waals surface area contributed by atoms with Crippen LogP contribution in [-0.2, 0) is 4.79 Å². The zero-order chi connectivity index (χ0) is 15.5. The van der Waals surface area contributed by atoms with Crippen LogP contribution in [0.1, 0.15) is 20.3 Å². The zero-order valence-electron chi connectivity index (χ0n) is 13.2. The van der Waals surface area contributed by atoms with Crippen LogP contribution in [0.3, 0.4) is 0 Å². The Morgan fingerprint density at radius 1 is 1.23 bits per heavy atom. The van der Waals surface area contributed by atoms with Gasteiger partial charge in [-0.15, -0.1) is 0 Å². The number of anilines is 1. The first kappa shape index (κ1) is 15.0. The summed E-state index contributed by atoms with van der Waals surface area (Å²) < 4.78 is 0. The molecule has 1 aliphatic heterocycles. The van der Waals surface area contributed by atoms with Gasteiger partial charge >= 0.3 is 0 Å². The summed E-state index contributed by atoms with van der Waals surface area (Å²) in [4.78, 5) is 18.9. The van der Waals surface area contributed by atoms with Crippen molar-refractivity contribution in [1.82, 2.24) is 9.88 Å². The molecule has 0 bridgehead atoms. The summed E-state index contributed by atoms with van der Waals surface area (Å²) in [7, 11) is 0. The van der Waals surface area contributed by atoms with Crippen molar-refractivity contribution in [3.63, 3.8) is 0 Å². The molecule has 2 atom stereocenters. The number of fused-ring (bicyclic) bond motifs is 1. The third-order valence-electron chi connectivity index (χ3n) is 4.23. The van der Waals surface area contributed by atoms with Crippen molar-refractivity contribution in [3.05, 3.63) is 36.5 Å². The third-order valence-corrected chi connectivity index (χ3v) is 4.23. The first-order valence-electron chi connectivity index (χ1n) is 7.98. The van der Waals surface area contributed by atoms with Crippen LogP contribution < -0.4 is 5.32 Å². The highest BCUT2D eigenvalue weighted by molar-refractivity contribution is 6.01. The van der Waals surface area contributed by atoms with Gasteiger partial charge in [0.05, 0.1) is 17.7 Å². The quantitative estimate of drug-likeness (QED) is 0.946. The number of carbonyl (C=O) groups excluding carboxylic acids is 1. The average Bonchev–Trinajstić information content (AvgIpc) is 2.46. The van der Waals surface area contributed by atoms with Crippen molar-refractivity contribution < 1.29 is 4.79 Å². The highest BCUT2D eigenvalue weighted by Crippen LogP contribution is 2.23. The molecule has 0 aliphatic carbocycles. The van der Waals surface area contributed by atoms with Crippen LogP contribution in [0, 0.1) is 11.8 Å². The summed E-state index contributed by atoms with van der Waals surface area (Å²) >= 11 is 0. The number of hydrogen-bond acceptors (Lipinski definition) is 3. The molecule has 0 spiro atoms. The number of nitrogens with one attached hydrogen (secondary N) is 1. The van der Waals surface area contributed by atoms with E-state index in [0.717, 1.165) is 29.7 Å². The topological polar surface area (TPSA) is 45.2 Å². The lowest BCUT2D eigenvalue weighted by Crippen LogP contribution is -2.42. The van der Waals surface area contributed by atoms with Gasteiger partial charge in [-0.25, -0.2) is 0 Å². The van der Waals surface area contributed by atoms with Gasteiger partial charge in [-0.05, 0) is 42.5 Å². The number of rotatable bonds is 3. The molecular formula is C18H23N3O. The zero-order valence-corrected chi connectivity index (χ0v) is 13.2. The summed E-state index contributed by atoms with van der Waals surface area (Å²) in [5, 5.41) is 4.03. The van der Waals surface area contributed by atoms with Crippen LogP contribution in [-0.4, -0.2) is 35.4 Å². The lowest BCUT2D eigenvalue weighted by atomic mass is 9.92. The molecule has 1 saturated heterocycles. The van der Waals surface area contributed by atoms with Gasteiger partial charge in [-0.3, -0.25) is 14.7 Å². The fraction of sp³-hybridized carbons (Fsp3) is 0.444. The monoisotopic (exact) mass is 297 g/mol. The van der Waals surface area contributed by atoms with Crippen LogP contribution in [0.15, 0.2) is 36.5 Å². The Balaban J connectivity index is 1.68. The Hall–Kier alpha value is -1.94. The predicted molar refractivity (Wildman–Crippen MR) is 89.8 cm³/mol. The molecule has 2 unspecified atom stereocenters. The summed E-state index contributed by atoms with van der Waals surface area (Å²) in [6, 6.07) is 9.70. The summed E-state index contributed by atoms with van der Waals surface area (Å²) in [5.41, 5.74) is 1.74. The maximum Gasteiger partial charge on any atom is 0.238 e. The highest BCUT2D eigenvalue weighted by Gasteiger charge is 2.23. The number of likely N-dealkylation sites (tertiary alicyclic amines) is 1. The Labute approximate surface area is 131 Å². The largest absolute Gasteiger partial charge is 0.324 e. The Morgan fingerprint density at radius 2 is 2.00 bits per heavy atom. The molecule has 0 radical (unpaired) electrons. The molecule has 2 aromatic rings. The van der Waals surface area contributed by atoms with Crippen molar-refractivity contribution in [1.29, 1.82) is 0 Å². The van der Waals surface area contributed by atoms with Crippen molar-refractivity contribution in [2.75, 3.05) is 25.0 Å². The van der Waals surface area contributed by atoms with Gasteiger partial charge in [0.2, 0.25) is 5.91 Å². The minimum absolute atomic E-state index is 0.0534. The fourth-order valence-electron chi connectivity index (χ4n) is 3.53. The molecule has 1 fully saturated rings. The SMILES string of the molecule is CC1CC(C)CN(CC(=O)Nc2cccc3ncccc23)C1. The van der Waals surface area contributed by atoms with Crippen LogP contribution in [0.5, 0.6) is 0 Å². The minimum Gasteiger partial charge on any atom is -0.324 e. The van der Waals surface area contributed by atoms with Gasteiger partial charge in [0.15, 0.2) is 0 Å². The van der Waals surface area contributed by atoms with E-state index in [1.807, 2.05) is 30.3 Å². The van der Waals surface area contributed by atoms with Gasteiger partial charge in [0.1, 0.15) is 0 Å². The number of benzene rings is 1. The van der Waals surface area contributed by atoms with E-state index in [1.54, 1.807) is 6.20 Å². The molecule has 4 nitrogen and oxygen atoms in total. The molecule has 3 rings (SSSR count). The second-order valence-electron chi connectivity index (χ2n) is 6.56. The molecule has 1 aromatic carbocycles.